The zero-order valence-corrected chi connectivity index (χ0v) is 23.7. The predicted octanol–water partition coefficient (Wildman–Crippen LogP) is 12.3. The van der Waals surface area contributed by atoms with Crippen molar-refractivity contribution in [1.82, 2.24) is 0 Å². The van der Waals surface area contributed by atoms with Crippen molar-refractivity contribution in [3.63, 3.8) is 0 Å². The van der Waals surface area contributed by atoms with Crippen molar-refractivity contribution < 1.29 is 8.83 Å². The highest BCUT2D eigenvalue weighted by Gasteiger charge is 2.22. The molecule has 204 valence electrons. The quantitative estimate of drug-likeness (QED) is 0.197. The number of furan rings is 2. The van der Waals surface area contributed by atoms with E-state index in [1.54, 1.807) is 0 Å². The fourth-order valence-corrected chi connectivity index (χ4v) is 7.43. The summed E-state index contributed by atoms with van der Waals surface area (Å²) in [6.45, 7) is 0. The van der Waals surface area contributed by atoms with Gasteiger partial charge in [-0.05, 0) is 72.8 Å². The average Bonchev–Trinajstić information content (AvgIpc) is 3.67. The molecule has 0 saturated heterocycles. The van der Waals surface area contributed by atoms with E-state index in [1.165, 1.54) is 54.6 Å². The molecule has 2 aromatic heterocycles. The van der Waals surface area contributed by atoms with Crippen molar-refractivity contribution >= 4 is 76.2 Å². The first-order chi connectivity index (χ1) is 21.8. The van der Waals surface area contributed by atoms with Crippen molar-refractivity contribution in [2.45, 2.75) is 0 Å². The molecule has 0 bridgehead atoms. The molecule has 2 heteroatoms. The van der Waals surface area contributed by atoms with E-state index in [-0.39, 0.29) is 0 Å². The van der Waals surface area contributed by atoms with Gasteiger partial charge in [0.2, 0.25) is 0 Å². The number of para-hydroxylation sites is 2. The fourth-order valence-electron chi connectivity index (χ4n) is 7.43. The summed E-state index contributed by atoms with van der Waals surface area (Å²) in [6, 6.07) is 51.9. The summed E-state index contributed by atoms with van der Waals surface area (Å²) >= 11 is 0. The minimum Gasteiger partial charge on any atom is -0.452 e. The van der Waals surface area contributed by atoms with Crippen LogP contribution in [-0.4, -0.2) is 0 Å². The van der Waals surface area contributed by atoms with Gasteiger partial charge in [0.25, 0.3) is 0 Å². The van der Waals surface area contributed by atoms with Gasteiger partial charge in [-0.25, -0.2) is 0 Å². The van der Waals surface area contributed by atoms with E-state index in [0.717, 1.165) is 43.9 Å². The first-order valence-electron chi connectivity index (χ1n) is 15.0. The summed E-state index contributed by atoms with van der Waals surface area (Å²) in [6.07, 6.45) is 0. The highest BCUT2D eigenvalue weighted by Crippen LogP contribution is 2.48. The Morgan fingerprint density at radius 3 is 1.27 bits per heavy atom. The van der Waals surface area contributed by atoms with E-state index in [1.807, 2.05) is 24.3 Å². The molecule has 0 aliphatic heterocycles. The van der Waals surface area contributed by atoms with Crippen molar-refractivity contribution in [2.75, 3.05) is 0 Å². The Morgan fingerprint density at radius 2 is 0.727 bits per heavy atom. The second-order valence-electron chi connectivity index (χ2n) is 11.6. The van der Waals surface area contributed by atoms with E-state index in [9.17, 15) is 0 Å². The molecule has 10 rings (SSSR count). The minimum absolute atomic E-state index is 0.802. The number of fused-ring (bicyclic) bond motifs is 12. The van der Waals surface area contributed by atoms with Gasteiger partial charge in [-0.15, -0.1) is 0 Å². The highest BCUT2D eigenvalue weighted by molar-refractivity contribution is 6.34. The van der Waals surface area contributed by atoms with Gasteiger partial charge in [-0.3, -0.25) is 0 Å². The summed E-state index contributed by atoms with van der Waals surface area (Å²) in [5.74, 6) is 0. The largest absolute Gasteiger partial charge is 0.452 e. The number of hydrogen-bond acceptors (Lipinski definition) is 2. The normalized spacial score (nSPS) is 12.1. The lowest BCUT2D eigenvalue weighted by molar-refractivity contribution is 0.633. The maximum atomic E-state index is 6.56. The van der Waals surface area contributed by atoms with Crippen LogP contribution in [0.5, 0.6) is 0 Å². The van der Waals surface area contributed by atoms with E-state index in [4.69, 9.17) is 8.83 Å². The van der Waals surface area contributed by atoms with Crippen LogP contribution in [0.2, 0.25) is 0 Å². The lowest BCUT2D eigenvalue weighted by atomic mass is 9.85. The van der Waals surface area contributed by atoms with Gasteiger partial charge in [0.15, 0.2) is 11.2 Å². The van der Waals surface area contributed by atoms with Crippen LogP contribution in [0.15, 0.2) is 154 Å². The lowest BCUT2D eigenvalue weighted by Crippen LogP contribution is -1.91. The Kier molecular flexibility index (Phi) is 4.75. The van der Waals surface area contributed by atoms with Crippen molar-refractivity contribution in [2.24, 2.45) is 0 Å². The SMILES string of the molecule is c1ccc(-c2c3ccccc3c(-c3ccc4c(c3)c3c5ccccc5oc3c3oc5ccccc5c43)c3ccccc23)cc1. The van der Waals surface area contributed by atoms with Gasteiger partial charge < -0.3 is 8.83 Å². The van der Waals surface area contributed by atoms with Crippen molar-refractivity contribution in [1.29, 1.82) is 0 Å². The Morgan fingerprint density at radius 1 is 0.295 bits per heavy atom. The van der Waals surface area contributed by atoms with Gasteiger partial charge in [0.1, 0.15) is 11.2 Å². The van der Waals surface area contributed by atoms with E-state index in [2.05, 4.69) is 121 Å². The molecule has 0 radical (unpaired) electrons. The van der Waals surface area contributed by atoms with Gasteiger partial charge in [0.05, 0.1) is 0 Å². The summed E-state index contributed by atoms with van der Waals surface area (Å²) in [5.41, 5.74) is 8.28. The number of hydrogen-bond donors (Lipinski definition) is 0. The van der Waals surface area contributed by atoms with Crippen LogP contribution in [0.1, 0.15) is 0 Å². The van der Waals surface area contributed by atoms with Crippen molar-refractivity contribution in [3.8, 4) is 22.3 Å². The maximum absolute atomic E-state index is 6.56. The molecule has 10 aromatic rings. The van der Waals surface area contributed by atoms with Crippen LogP contribution in [0.4, 0.5) is 0 Å². The van der Waals surface area contributed by atoms with Crippen LogP contribution < -0.4 is 0 Å². The summed E-state index contributed by atoms with van der Waals surface area (Å²) < 4.78 is 13.1. The first kappa shape index (κ1) is 23.7. The van der Waals surface area contributed by atoms with Crippen molar-refractivity contribution in [3.05, 3.63) is 146 Å². The van der Waals surface area contributed by atoms with E-state index < -0.39 is 0 Å². The monoisotopic (exact) mass is 560 g/mol. The summed E-state index contributed by atoms with van der Waals surface area (Å²) in [7, 11) is 0. The standard InChI is InChI=1S/C42H24O2/c1-2-12-25(13-3-1)37-27-14-4-6-16-29(27)38(30-17-7-5-15-28(30)37)26-22-23-31-34(24-26)40-33-19-9-11-21-36(33)44-42(40)41-39(31)32-18-8-10-20-35(32)43-41/h1-24H. The Balaban J connectivity index is 1.39. The molecule has 8 aromatic carbocycles. The van der Waals surface area contributed by atoms with Crippen LogP contribution in [-0.2, 0) is 0 Å². The molecule has 0 atom stereocenters. The van der Waals surface area contributed by atoms with E-state index in [0.29, 0.717) is 0 Å². The topological polar surface area (TPSA) is 26.3 Å². The van der Waals surface area contributed by atoms with E-state index >= 15 is 0 Å². The second kappa shape index (κ2) is 8.82. The molecule has 0 saturated carbocycles. The molecule has 2 heterocycles. The molecule has 0 aliphatic carbocycles. The summed E-state index contributed by atoms with van der Waals surface area (Å²) in [5, 5.41) is 11.7. The molecule has 0 spiro atoms. The van der Waals surface area contributed by atoms with Crippen LogP contribution in [0.3, 0.4) is 0 Å². The first-order valence-corrected chi connectivity index (χ1v) is 15.0. The third kappa shape index (κ3) is 3.14. The third-order valence-electron chi connectivity index (χ3n) is 9.24. The van der Waals surface area contributed by atoms with Crippen LogP contribution in [0.25, 0.3) is 98.4 Å². The molecular weight excluding hydrogens is 536 g/mol. The van der Waals surface area contributed by atoms with Gasteiger partial charge in [-0.1, -0.05) is 127 Å². The number of rotatable bonds is 2. The molecule has 0 aliphatic rings. The van der Waals surface area contributed by atoms with Gasteiger partial charge >= 0.3 is 0 Å². The average molecular weight is 561 g/mol. The van der Waals surface area contributed by atoms with Crippen LogP contribution in [0, 0.1) is 0 Å². The molecule has 0 amide bonds. The predicted molar refractivity (Wildman–Crippen MR) is 184 cm³/mol. The van der Waals surface area contributed by atoms with Crippen LogP contribution >= 0.6 is 0 Å². The second-order valence-corrected chi connectivity index (χ2v) is 11.6. The minimum atomic E-state index is 0.802. The molecule has 0 N–H and O–H groups in total. The Bertz CT molecular complexity index is 2700. The fraction of sp³-hybridized carbons (Fsp3) is 0. The molecule has 0 fully saturated rings. The zero-order chi connectivity index (χ0) is 28.8. The molecule has 0 unspecified atom stereocenters. The Labute approximate surface area is 252 Å². The van der Waals surface area contributed by atoms with Gasteiger partial charge in [0, 0.05) is 21.5 Å². The lowest BCUT2D eigenvalue weighted by Gasteiger charge is -2.18. The summed E-state index contributed by atoms with van der Waals surface area (Å²) in [4.78, 5) is 0. The number of benzene rings is 8. The third-order valence-corrected chi connectivity index (χ3v) is 9.24. The Hall–Kier alpha value is -5.86. The molecular formula is C42H24O2. The zero-order valence-electron chi connectivity index (χ0n) is 23.7. The smallest absolute Gasteiger partial charge is 0.179 e. The molecule has 2 nitrogen and oxygen atoms in total. The molecule has 44 heavy (non-hydrogen) atoms. The highest BCUT2D eigenvalue weighted by atomic mass is 16.4. The maximum Gasteiger partial charge on any atom is 0.179 e. The van der Waals surface area contributed by atoms with Gasteiger partial charge in [-0.2, -0.15) is 0 Å².